The van der Waals surface area contributed by atoms with Crippen LogP contribution in [0.3, 0.4) is 0 Å². The van der Waals surface area contributed by atoms with Gasteiger partial charge in [-0.3, -0.25) is 14.9 Å². The van der Waals surface area contributed by atoms with Crippen LogP contribution in [0.5, 0.6) is 5.75 Å². The predicted octanol–water partition coefficient (Wildman–Crippen LogP) is 2.42. The standard InChI is InChI=1S/C16H13N5O4S/c22-14(9-26-16-18-11-5-1-2-6-12(11)19-16)20-17-8-10-4-3-7-13(15(10)23)21(24)25/h1-8,23H,9H2,(H,18,19)(H,20,22)/b17-8-. The van der Waals surface area contributed by atoms with E-state index in [1.54, 1.807) is 0 Å². The van der Waals surface area contributed by atoms with Crippen LogP contribution in [0, 0.1) is 10.1 Å². The minimum atomic E-state index is -0.699. The molecular weight excluding hydrogens is 358 g/mol. The molecule has 1 aromatic heterocycles. The number of nitrogens with one attached hydrogen (secondary N) is 2. The fourth-order valence-corrected chi connectivity index (χ4v) is 2.82. The van der Waals surface area contributed by atoms with Crippen molar-refractivity contribution < 1.29 is 14.8 Å². The Kier molecular flexibility index (Phi) is 5.13. The Morgan fingerprint density at radius 3 is 2.92 bits per heavy atom. The summed E-state index contributed by atoms with van der Waals surface area (Å²) in [5.74, 6) is -0.804. The highest BCUT2D eigenvalue weighted by atomic mass is 32.2. The van der Waals surface area contributed by atoms with E-state index in [0.29, 0.717) is 5.16 Å². The summed E-state index contributed by atoms with van der Waals surface area (Å²) in [6, 6.07) is 11.6. The lowest BCUT2D eigenvalue weighted by molar-refractivity contribution is -0.385. The molecule has 0 saturated carbocycles. The fourth-order valence-electron chi connectivity index (χ4n) is 2.14. The van der Waals surface area contributed by atoms with Crippen molar-refractivity contribution in [2.24, 2.45) is 5.10 Å². The van der Waals surface area contributed by atoms with Crippen LogP contribution >= 0.6 is 11.8 Å². The van der Waals surface area contributed by atoms with Gasteiger partial charge < -0.3 is 10.1 Å². The molecule has 0 unspecified atom stereocenters. The zero-order chi connectivity index (χ0) is 18.5. The number of nitrogens with zero attached hydrogens (tertiary/aromatic N) is 3. The molecule has 0 bridgehead atoms. The lowest BCUT2D eigenvalue weighted by Crippen LogP contribution is -2.19. The Bertz CT molecular complexity index is 968. The Morgan fingerprint density at radius 1 is 1.35 bits per heavy atom. The van der Waals surface area contributed by atoms with Gasteiger partial charge in [0.25, 0.3) is 5.91 Å². The van der Waals surface area contributed by atoms with Gasteiger partial charge in [0.15, 0.2) is 5.16 Å². The number of aromatic nitrogens is 2. The molecule has 9 nitrogen and oxygen atoms in total. The number of imidazole rings is 1. The van der Waals surface area contributed by atoms with E-state index in [1.165, 1.54) is 30.0 Å². The van der Waals surface area contributed by atoms with Crippen LogP contribution in [-0.4, -0.2) is 37.9 Å². The van der Waals surface area contributed by atoms with Gasteiger partial charge in [-0.15, -0.1) is 0 Å². The van der Waals surface area contributed by atoms with Gasteiger partial charge in [-0.2, -0.15) is 5.10 Å². The molecular formula is C16H13N5O4S. The van der Waals surface area contributed by atoms with Crippen LogP contribution in [0.25, 0.3) is 11.0 Å². The summed E-state index contributed by atoms with van der Waals surface area (Å²) in [5, 5.41) is 24.9. The largest absolute Gasteiger partial charge is 0.502 e. The van der Waals surface area contributed by atoms with Crippen molar-refractivity contribution in [1.82, 2.24) is 15.4 Å². The van der Waals surface area contributed by atoms with Crippen molar-refractivity contribution in [3.8, 4) is 5.75 Å². The molecule has 10 heteroatoms. The molecule has 0 saturated heterocycles. The first-order valence-corrected chi connectivity index (χ1v) is 8.39. The first-order chi connectivity index (χ1) is 12.5. The van der Waals surface area contributed by atoms with E-state index in [9.17, 15) is 20.0 Å². The second-order valence-electron chi connectivity index (χ2n) is 5.11. The molecule has 26 heavy (non-hydrogen) atoms. The number of H-pyrrole nitrogens is 1. The van der Waals surface area contributed by atoms with E-state index in [0.717, 1.165) is 17.2 Å². The molecule has 3 aromatic rings. The van der Waals surface area contributed by atoms with Crippen LogP contribution in [-0.2, 0) is 4.79 Å². The van der Waals surface area contributed by atoms with Gasteiger partial charge in [-0.25, -0.2) is 10.4 Å². The normalized spacial score (nSPS) is 11.1. The SMILES string of the molecule is O=C(CSc1nc2ccccc2[nH]1)N/N=C\c1cccc([N+](=O)[O-])c1O. The average Bonchev–Trinajstić information content (AvgIpc) is 3.04. The fraction of sp³-hybridized carbons (Fsp3) is 0.0625. The van der Waals surface area contributed by atoms with Crippen molar-refractivity contribution >= 4 is 40.6 Å². The number of carbonyl (C=O) groups excluding carboxylic acids is 1. The number of hydrazone groups is 1. The number of benzene rings is 2. The summed E-state index contributed by atoms with van der Waals surface area (Å²) in [6.45, 7) is 0. The van der Waals surface area contributed by atoms with E-state index in [4.69, 9.17) is 0 Å². The third-order valence-corrected chi connectivity index (χ3v) is 4.22. The summed E-state index contributed by atoms with van der Waals surface area (Å²) < 4.78 is 0. The summed E-state index contributed by atoms with van der Waals surface area (Å²) in [4.78, 5) is 29.3. The number of nitro benzene ring substituents is 1. The van der Waals surface area contributed by atoms with Crippen molar-refractivity contribution in [3.05, 3.63) is 58.1 Å². The monoisotopic (exact) mass is 371 g/mol. The number of aromatic hydroxyl groups is 1. The first kappa shape index (κ1) is 17.4. The number of hydrogen-bond acceptors (Lipinski definition) is 7. The van der Waals surface area contributed by atoms with Crippen LogP contribution in [0.15, 0.2) is 52.7 Å². The average molecular weight is 371 g/mol. The van der Waals surface area contributed by atoms with Gasteiger partial charge in [0.05, 0.1) is 27.9 Å². The highest BCUT2D eigenvalue weighted by molar-refractivity contribution is 7.99. The van der Waals surface area contributed by atoms with Gasteiger partial charge in [0.1, 0.15) is 0 Å². The minimum absolute atomic E-state index is 0.0814. The summed E-state index contributed by atoms with van der Waals surface area (Å²) >= 11 is 1.22. The van der Waals surface area contributed by atoms with Crippen LogP contribution < -0.4 is 5.43 Å². The molecule has 0 aliphatic heterocycles. The number of hydrogen-bond donors (Lipinski definition) is 3. The second kappa shape index (κ2) is 7.66. The lowest BCUT2D eigenvalue weighted by atomic mass is 10.2. The molecule has 0 atom stereocenters. The molecule has 0 aliphatic rings. The summed E-state index contributed by atoms with van der Waals surface area (Å²) in [7, 11) is 0. The molecule has 3 N–H and O–H groups in total. The van der Waals surface area contributed by atoms with Gasteiger partial charge >= 0.3 is 5.69 Å². The molecule has 0 radical (unpaired) electrons. The highest BCUT2D eigenvalue weighted by Crippen LogP contribution is 2.27. The number of phenolic OH excluding ortho intramolecular Hbond substituents is 1. The quantitative estimate of drug-likeness (QED) is 0.264. The number of para-hydroxylation sites is 3. The Labute approximate surface area is 151 Å². The van der Waals surface area contributed by atoms with Crippen LogP contribution in [0.2, 0.25) is 0 Å². The van der Waals surface area contributed by atoms with Gasteiger partial charge in [-0.05, 0) is 18.2 Å². The number of phenols is 1. The lowest BCUT2D eigenvalue weighted by Gasteiger charge is -2.00. The van der Waals surface area contributed by atoms with Crippen molar-refractivity contribution in [2.45, 2.75) is 5.16 Å². The smallest absolute Gasteiger partial charge is 0.311 e. The van der Waals surface area contributed by atoms with Gasteiger partial charge in [0.2, 0.25) is 5.75 Å². The van der Waals surface area contributed by atoms with Crippen molar-refractivity contribution in [1.29, 1.82) is 0 Å². The van der Waals surface area contributed by atoms with Gasteiger partial charge in [-0.1, -0.05) is 30.0 Å². The number of fused-ring (bicyclic) bond motifs is 1. The van der Waals surface area contributed by atoms with E-state index in [1.807, 2.05) is 24.3 Å². The molecule has 132 valence electrons. The molecule has 0 spiro atoms. The van der Waals surface area contributed by atoms with E-state index in [-0.39, 0.29) is 17.2 Å². The number of thioether (sulfide) groups is 1. The first-order valence-electron chi connectivity index (χ1n) is 7.40. The van der Waals surface area contributed by atoms with Crippen LogP contribution in [0.1, 0.15) is 5.56 Å². The number of amides is 1. The topological polar surface area (TPSA) is 134 Å². The maximum Gasteiger partial charge on any atom is 0.311 e. The van der Waals surface area contributed by atoms with E-state index < -0.39 is 16.4 Å². The molecule has 1 amide bonds. The third-order valence-electron chi connectivity index (χ3n) is 3.34. The van der Waals surface area contributed by atoms with Gasteiger partial charge in [0, 0.05) is 11.6 Å². The summed E-state index contributed by atoms with van der Waals surface area (Å²) in [5.41, 5.74) is 3.70. The highest BCUT2D eigenvalue weighted by Gasteiger charge is 2.15. The summed E-state index contributed by atoms with van der Waals surface area (Å²) in [6.07, 6.45) is 1.14. The zero-order valence-electron chi connectivity index (χ0n) is 13.2. The number of aromatic amines is 1. The number of rotatable bonds is 6. The van der Waals surface area contributed by atoms with E-state index >= 15 is 0 Å². The maximum absolute atomic E-state index is 11.8. The molecule has 1 heterocycles. The van der Waals surface area contributed by atoms with Crippen molar-refractivity contribution in [3.63, 3.8) is 0 Å². The second-order valence-corrected chi connectivity index (χ2v) is 6.08. The Balaban J connectivity index is 1.56. The van der Waals surface area contributed by atoms with Crippen LogP contribution in [0.4, 0.5) is 5.69 Å². The molecule has 3 rings (SSSR count). The minimum Gasteiger partial charge on any atom is -0.502 e. The molecule has 0 aliphatic carbocycles. The van der Waals surface area contributed by atoms with E-state index in [2.05, 4.69) is 20.5 Å². The third kappa shape index (κ3) is 3.98. The molecule has 2 aromatic carbocycles. The number of nitro groups is 1. The zero-order valence-corrected chi connectivity index (χ0v) is 14.1. The Hall–Kier alpha value is -3.40. The molecule has 0 fully saturated rings. The Morgan fingerprint density at radius 2 is 2.15 bits per heavy atom. The van der Waals surface area contributed by atoms with Crippen molar-refractivity contribution in [2.75, 3.05) is 5.75 Å². The predicted molar refractivity (Wildman–Crippen MR) is 97.3 cm³/mol. The maximum atomic E-state index is 11.8. The number of carbonyl (C=O) groups is 1.